The van der Waals surface area contributed by atoms with E-state index in [9.17, 15) is 9.90 Å². The molecule has 54 heavy (non-hydrogen) atoms. The van der Waals surface area contributed by atoms with Gasteiger partial charge >= 0.3 is 0 Å². The van der Waals surface area contributed by atoms with Crippen LogP contribution < -0.4 is 9.16 Å². The number of carbonyl (C=O) groups excluding carboxylic acids is 1. The van der Waals surface area contributed by atoms with Crippen molar-refractivity contribution in [1.29, 1.82) is 0 Å². The molecule has 2 saturated heterocycles. The number of benzene rings is 3. The van der Waals surface area contributed by atoms with Gasteiger partial charge in [-0.15, -0.1) is 0 Å². The molecule has 1 N–H and O–H groups in total. The Hall–Kier alpha value is -3.30. The average Bonchev–Trinajstić information content (AvgIpc) is 3.56. The zero-order valence-electron chi connectivity index (χ0n) is 33.7. The monoisotopic (exact) mass is 774 g/mol. The maximum Gasteiger partial charge on any atom is 0.250 e. The Morgan fingerprint density at radius 3 is 2.24 bits per heavy atom. The maximum absolute atomic E-state index is 14.5. The van der Waals surface area contributed by atoms with Crippen LogP contribution in [-0.4, -0.2) is 64.8 Å². The summed E-state index contributed by atoms with van der Waals surface area (Å²) in [6.07, 6.45) is -2.68. The molecule has 2 fully saturated rings. The summed E-state index contributed by atoms with van der Waals surface area (Å²) in [5.74, 6) is 0.657. The molecule has 292 valence electrons. The highest BCUT2D eigenvalue weighted by Crippen LogP contribution is 2.44. The second kappa shape index (κ2) is 15.3. The predicted molar refractivity (Wildman–Crippen MR) is 215 cm³/mol. The molecule has 9 nitrogen and oxygen atoms in total. The summed E-state index contributed by atoms with van der Waals surface area (Å²) in [4.78, 5) is 14.5. The molecule has 0 bridgehead atoms. The van der Waals surface area contributed by atoms with Crippen LogP contribution in [0.5, 0.6) is 11.5 Å². The average molecular weight is 775 g/mol. The zero-order valence-corrected chi connectivity index (χ0v) is 35.7. The molecular weight excluding hydrogens is 717 g/mol. The van der Waals surface area contributed by atoms with Crippen molar-refractivity contribution in [2.75, 3.05) is 6.61 Å². The second-order valence-electron chi connectivity index (χ2n) is 17.9. The van der Waals surface area contributed by atoms with Crippen molar-refractivity contribution in [3.8, 4) is 11.5 Å². The largest absolute Gasteiger partial charge is 0.543 e. The molecule has 3 heterocycles. The lowest BCUT2D eigenvalue weighted by Gasteiger charge is -2.51. The first-order chi connectivity index (χ1) is 25.2. The molecule has 6 rings (SSSR count). The minimum Gasteiger partial charge on any atom is -0.543 e. The normalized spacial score (nSPS) is 23.9. The number of aliphatic hydroxyl groups excluding tert-OH is 1. The van der Waals surface area contributed by atoms with Crippen molar-refractivity contribution in [1.82, 2.24) is 0 Å². The van der Waals surface area contributed by atoms with E-state index in [2.05, 4.69) is 67.7 Å². The van der Waals surface area contributed by atoms with E-state index in [0.29, 0.717) is 23.5 Å². The summed E-state index contributed by atoms with van der Waals surface area (Å²) in [6, 6.07) is 21.4. The van der Waals surface area contributed by atoms with Gasteiger partial charge in [-0.3, -0.25) is 4.79 Å². The molecule has 11 heteroatoms. The SMILES string of the molecule is Cc1cc(O[C@@H]2O[C@@H]3COC(c4ccccc4)O[C@H]3[C@H](O[Si](C)(C)C(C)(C)C)[C@H]2O)c(C(=O)CCc2ccc3occc3c2)c(O[Si](C)(C)C(C)(C)C)c1. The van der Waals surface area contributed by atoms with Gasteiger partial charge in [0.2, 0.25) is 6.29 Å². The highest BCUT2D eigenvalue weighted by atomic mass is 28.4. The minimum atomic E-state index is -2.45. The third kappa shape index (κ3) is 8.57. The molecule has 0 amide bonds. The minimum absolute atomic E-state index is 0.122. The van der Waals surface area contributed by atoms with Crippen molar-refractivity contribution >= 4 is 33.4 Å². The Bertz CT molecular complexity index is 1920. The topological polar surface area (TPSA) is 106 Å². The Balaban J connectivity index is 1.34. The Kier molecular flexibility index (Phi) is 11.5. The third-order valence-corrected chi connectivity index (χ3v) is 20.5. The van der Waals surface area contributed by atoms with E-state index in [1.807, 2.05) is 73.7 Å². The highest BCUT2D eigenvalue weighted by molar-refractivity contribution is 6.75. The lowest BCUT2D eigenvalue weighted by atomic mass is 9.97. The number of fused-ring (bicyclic) bond motifs is 2. The van der Waals surface area contributed by atoms with Gasteiger partial charge < -0.3 is 37.3 Å². The standard InChI is InChI=1S/C43H58O9Si2/c1-27-23-33(36(34(24-27)51-53(8,9)42(2,3)4)31(44)19-17-28-18-20-32-30(25-28)21-22-46-32)48-41-37(45)39(52-54(10,11)43(5,6)7)38-35(49-41)26-47-40(50-38)29-15-13-12-14-16-29/h12-16,18,20-25,35,37-41,45H,17,19,26H2,1-11H3/t35-,37-,38-,39-,40?,41-/m1/s1. The number of ketones is 1. The van der Waals surface area contributed by atoms with Gasteiger partial charge in [0.05, 0.1) is 12.9 Å². The smallest absolute Gasteiger partial charge is 0.250 e. The van der Waals surface area contributed by atoms with Crippen molar-refractivity contribution < 1.29 is 42.1 Å². The molecule has 0 saturated carbocycles. The van der Waals surface area contributed by atoms with E-state index in [0.717, 1.165) is 27.7 Å². The van der Waals surface area contributed by atoms with Gasteiger partial charge in [-0.2, -0.15) is 0 Å². The van der Waals surface area contributed by atoms with Crippen LogP contribution in [0.2, 0.25) is 36.3 Å². The van der Waals surface area contributed by atoms with Gasteiger partial charge in [-0.05, 0) is 91.1 Å². The van der Waals surface area contributed by atoms with Crippen LogP contribution in [0, 0.1) is 6.92 Å². The van der Waals surface area contributed by atoms with Crippen LogP contribution in [0.1, 0.15) is 81.3 Å². The van der Waals surface area contributed by atoms with Gasteiger partial charge in [0.15, 0.2) is 20.4 Å². The van der Waals surface area contributed by atoms with E-state index in [4.69, 9.17) is 32.2 Å². The van der Waals surface area contributed by atoms with Gasteiger partial charge in [-0.1, -0.05) is 77.9 Å². The number of ether oxygens (including phenoxy) is 4. The van der Waals surface area contributed by atoms with Gasteiger partial charge in [-0.25, -0.2) is 0 Å². The molecule has 2 aliphatic rings. The molecule has 0 radical (unpaired) electrons. The first-order valence-corrected chi connectivity index (χ1v) is 24.9. The third-order valence-electron chi connectivity index (χ3n) is 11.7. The molecule has 2 aliphatic heterocycles. The van der Waals surface area contributed by atoms with E-state index in [1.165, 1.54) is 0 Å². The second-order valence-corrected chi connectivity index (χ2v) is 27.4. The molecule has 1 unspecified atom stereocenters. The molecule has 1 aromatic heterocycles. The van der Waals surface area contributed by atoms with Crippen molar-refractivity contribution in [3.05, 3.63) is 95.2 Å². The van der Waals surface area contributed by atoms with E-state index < -0.39 is 53.6 Å². The number of hydrogen-bond acceptors (Lipinski definition) is 9. The Labute approximate surface area is 322 Å². The number of rotatable bonds is 11. The fourth-order valence-corrected chi connectivity index (χ4v) is 8.69. The summed E-state index contributed by atoms with van der Waals surface area (Å²) in [5.41, 5.74) is 3.89. The number of aryl methyl sites for hydroxylation is 2. The number of hydrogen-bond donors (Lipinski definition) is 1. The number of aliphatic hydroxyl groups is 1. The lowest BCUT2D eigenvalue weighted by molar-refractivity contribution is -0.347. The molecule has 4 aromatic rings. The number of Topliss-reactive ketones (excluding diaryl/α,β-unsaturated/α-hetero) is 1. The highest BCUT2D eigenvalue weighted by Gasteiger charge is 2.54. The zero-order chi connectivity index (χ0) is 39.2. The summed E-state index contributed by atoms with van der Waals surface area (Å²) >= 11 is 0. The van der Waals surface area contributed by atoms with Gasteiger partial charge in [0, 0.05) is 17.4 Å². The van der Waals surface area contributed by atoms with E-state index in [-0.39, 0.29) is 28.9 Å². The quantitative estimate of drug-likeness (QED) is 0.118. The Morgan fingerprint density at radius 2 is 1.56 bits per heavy atom. The summed E-state index contributed by atoms with van der Waals surface area (Å²) in [7, 11) is -4.85. The van der Waals surface area contributed by atoms with Crippen LogP contribution in [0.4, 0.5) is 0 Å². The summed E-state index contributed by atoms with van der Waals surface area (Å²) in [5, 5.41) is 12.9. The van der Waals surface area contributed by atoms with Crippen LogP contribution in [0.25, 0.3) is 11.0 Å². The fraction of sp³-hybridized carbons (Fsp3) is 0.512. The van der Waals surface area contributed by atoms with Crippen LogP contribution in [0.15, 0.2) is 77.4 Å². The first kappa shape index (κ1) is 40.4. The van der Waals surface area contributed by atoms with Gasteiger partial charge in [0.25, 0.3) is 8.32 Å². The fourth-order valence-electron chi connectivity index (χ4n) is 6.37. The predicted octanol–water partition coefficient (Wildman–Crippen LogP) is 9.91. The molecular formula is C43H58O9Si2. The van der Waals surface area contributed by atoms with Crippen LogP contribution >= 0.6 is 0 Å². The van der Waals surface area contributed by atoms with Gasteiger partial charge in [0.1, 0.15) is 47.1 Å². The number of furan rings is 1. The Morgan fingerprint density at radius 1 is 0.870 bits per heavy atom. The molecule has 0 aliphatic carbocycles. The molecule has 0 spiro atoms. The van der Waals surface area contributed by atoms with E-state index >= 15 is 0 Å². The maximum atomic E-state index is 14.5. The number of carbonyl (C=O) groups is 1. The summed E-state index contributed by atoms with van der Waals surface area (Å²) < 4.78 is 45.3. The van der Waals surface area contributed by atoms with E-state index in [1.54, 1.807) is 6.26 Å². The van der Waals surface area contributed by atoms with Crippen LogP contribution in [0.3, 0.4) is 0 Å². The molecule has 6 atom stereocenters. The van der Waals surface area contributed by atoms with Crippen LogP contribution in [-0.2, 0) is 25.1 Å². The first-order valence-electron chi connectivity index (χ1n) is 19.1. The summed E-state index contributed by atoms with van der Waals surface area (Å²) in [6.45, 7) is 23.8. The lowest BCUT2D eigenvalue weighted by Crippen LogP contribution is -2.66. The van der Waals surface area contributed by atoms with Crippen molar-refractivity contribution in [2.45, 2.75) is 135 Å². The van der Waals surface area contributed by atoms with Crippen molar-refractivity contribution in [3.63, 3.8) is 0 Å². The molecule has 3 aromatic carbocycles. The van der Waals surface area contributed by atoms with Crippen molar-refractivity contribution in [2.24, 2.45) is 0 Å².